The highest BCUT2D eigenvalue weighted by molar-refractivity contribution is 7.12. The summed E-state index contributed by atoms with van der Waals surface area (Å²) in [7, 11) is 0. The molecule has 0 aromatic carbocycles. The minimum atomic E-state index is 0.423. The van der Waals surface area contributed by atoms with Gasteiger partial charge in [-0.15, -0.1) is 11.3 Å². The van der Waals surface area contributed by atoms with Gasteiger partial charge >= 0.3 is 0 Å². The average molecular weight is 206 g/mol. The summed E-state index contributed by atoms with van der Waals surface area (Å²) in [5.41, 5.74) is 9.06. The van der Waals surface area contributed by atoms with Gasteiger partial charge in [0.25, 0.3) is 0 Å². The van der Waals surface area contributed by atoms with Crippen LogP contribution >= 0.6 is 11.3 Å². The van der Waals surface area contributed by atoms with Crippen LogP contribution < -0.4 is 0 Å². The summed E-state index contributed by atoms with van der Waals surface area (Å²) in [6.45, 7) is 4.42. The van der Waals surface area contributed by atoms with E-state index in [9.17, 15) is 0 Å². The second-order valence-corrected chi connectivity index (χ2v) is 3.87. The van der Waals surface area contributed by atoms with Crippen LogP contribution in [0.1, 0.15) is 22.0 Å². The fourth-order valence-corrected chi connectivity index (χ4v) is 1.60. The zero-order valence-electron chi connectivity index (χ0n) is 8.11. The molecule has 72 valence electrons. The molecule has 5 heteroatoms. The van der Waals surface area contributed by atoms with Gasteiger partial charge in [0.2, 0.25) is 0 Å². The first kappa shape index (κ1) is 10.6. The highest BCUT2D eigenvalue weighted by Gasteiger charge is 1.98. The number of nitrogens with zero attached hydrogens (tertiary/aromatic N) is 4. The van der Waals surface area contributed by atoms with E-state index in [-0.39, 0.29) is 0 Å². The number of rotatable bonds is 2. The Morgan fingerprint density at radius 2 is 2.36 bits per heavy atom. The maximum atomic E-state index is 8.02. The SMILES string of the molecule is Cc1nc(C#CCCN=[N+]=[N-])sc1C. The predicted octanol–water partition coefficient (Wildman–Crippen LogP) is 2.81. The first-order chi connectivity index (χ1) is 6.74. The number of hydrogen-bond donors (Lipinski definition) is 0. The predicted molar refractivity (Wildman–Crippen MR) is 57.1 cm³/mol. The molecule has 0 saturated carbocycles. The van der Waals surface area contributed by atoms with Crippen molar-refractivity contribution < 1.29 is 0 Å². The Morgan fingerprint density at radius 3 is 2.93 bits per heavy atom. The molecular weight excluding hydrogens is 196 g/mol. The van der Waals surface area contributed by atoms with Gasteiger partial charge in [0.15, 0.2) is 5.01 Å². The minimum Gasteiger partial charge on any atom is -0.233 e. The van der Waals surface area contributed by atoms with E-state index in [2.05, 4.69) is 26.9 Å². The lowest BCUT2D eigenvalue weighted by Crippen LogP contribution is -1.76. The summed E-state index contributed by atoms with van der Waals surface area (Å²) in [6.07, 6.45) is 0.585. The van der Waals surface area contributed by atoms with Crippen molar-refractivity contribution in [3.63, 3.8) is 0 Å². The summed E-state index contributed by atoms with van der Waals surface area (Å²) in [4.78, 5) is 8.11. The summed E-state index contributed by atoms with van der Waals surface area (Å²) in [6, 6.07) is 0. The van der Waals surface area contributed by atoms with Gasteiger partial charge in [0, 0.05) is 22.8 Å². The van der Waals surface area contributed by atoms with Gasteiger partial charge in [-0.1, -0.05) is 11.0 Å². The lowest BCUT2D eigenvalue weighted by Gasteiger charge is -1.78. The van der Waals surface area contributed by atoms with Gasteiger partial charge in [-0.2, -0.15) is 0 Å². The molecule has 0 atom stereocenters. The van der Waals surface area contributed by atoms with Crippen molar-refractivity contribution in [2.45, 2.75) is 20.3 Å². The zero-order valence-corrected chi connectivity index (χ0v) is 8.93. The monoisotopic (exact) mass is 206 g/mol. The summed E-state index contributed by atoms with van der Waals surface area (Å²) < 4.78 is 0. The molecule has 0 aliphatic carbocycles. The van der Waals surface area contributed by atoms with Gasteiger partial charge < -0.3 is 0 Å². The van der Waals surface area contributed by atoms with E-state index in [0.29, 0.717) is 13.0 Å². The molecule has 0 amide bonds. The molecule has 0 fully saturated rings. The molecule has 0 unspecified atom stereocenters. The van der Waals surface area contributed by atoms with E-state index >= 15 is 0 Å². The number of aryl methyl sites for hydroxylation is 2. The van der Waals surface area contributed by atoms with Crippen molar-refractivity contribution in [1.29, 1.82) is 0 Å². The van der Waals surface area contributed by atoms with Crippen LogP contribution in [0.2, 0.25) is 0 Å². The number of azide groups is 1. The number of hydrogen-bond acceptors (Lipinski definition) is 3. The molecule has 0 N–H and O–H groups in total. The molecule has 1 rings (SSSR count). The third-order valence-corrected chi connectivity index (χ3v) is 2.61. The standard InChI is InChI=1S/C9H10N4S/c1-7-8(2)14-9(12-7)5-3-4-6-11-13-10/h4,6H2,1-2H3. The second-order valence-electron chi connectivity index (χ2n) is 2.67. The molecule has 1 heterocycles. The van der Waals surface area contributed by atoms with Crippen molar-refractivity contribution in [2.75, 3.05) is 6.54 Å². The van der Waals surface area contributed by atoms with Gasteiger partial charge in [0.05, 0.1) is 5.69 Å². The van der Waals surface area contributed by atoms with Crippen LogP contribution in [0.5, 0.6) is 0 Å². The summed E-state index contributed by atoms with van der Waals surface area (Å²) in [5, 5.41) is 4.22. The molecule has 0 spiro atoms. The Balaban J connectivity index is 2.55. The molecular formula is C9H10N4S. The fraction of sp³-hybridized carbons (Fsp3) is 0.444. The van der Waals surface area contributed by atoms with Gasteiger partial charge in [-0.3, -0.25) is 0 Å². The number of thiazole rings is 1. The molecule has 1 aromatic heterocycles. The van der Waals surface area contributed by atoms with E-state index < -0.39 is 0 Å². The zero-order chi connectivity index (χ0) is 10.4. The summed E-state index contributed by atoms with van der Waals surface area (Å²) in [5.74, 6) is 5.85. The van der Waals surface area contributed by atoms with Crippen LogP contribution in [0.4, 0.5) is 0 Å². The van der Waals surface area contributed by atoms with E-state index in [0.717, 1.165) is 10.7 Å². The Kier molecular flexibility index (Phi) is 3.99. The first-order valence-electron chi connectivity index (χ1n) is 4.18. The maximum Gasteiger partial charge on any atom is 0.167 e. The lowest BCUT2D eigenvalue weighted by atomic mass is 10.4. The van der Waals surface area contributed by atoms with Crippen LogP contribution in [-0.4, -0.2) is 11.5 Å². The van der Waals surface area contributed by atoms with E-state index in [1.165, 1.54) is 4.88 Å². The van der Waals surface area contributed by atoms with Crippen LogP contribution in [0.15, 0.2) is 5.11 Å². The van der Waals surface area contributed by atoms with Gasteiger partial charge in [0.1, 0.15) is 0 Å². The third kappa shape index (κ3) is 3.09. The van der Waals surface area contributed by atoms with Crippen molar-refractivity contribution in [3.8, 4) is 11.8 Å². The second kappa shape index (κ2) is 5.28. The Morgan fingerprint density at radius 1 is 1.57 bits per heavy atom. The Hall–Kier alpha value is -1.50. The molecule has 0 radical (unpaired) electrons. The fourth-order valence-electron chi connectivity index (χ4n) is 0.815. The van der Waals surface area contributed by atoms with E-state index in [1.54, 1.807) is 11.3 Å². The van der Waals surface area contributed by atoms with Gasteiger partial charge in [-0.25, -0.2) is 4.98 Å². The number of aromatic nitrogens is 1. The van der Waals surface area contributed by atoms with Crippen LogP contribution in [-0.2, 0) is 0 Å². The Labute approximate surface area is 86.6 Å². The molecule has 0 aliphatic rings. The molecule has 1 aromatic rings. The van der Waals surface area contributed by atoms with Crippen molar-refractivity contribution >= 4 is 11.3 Å². The molecule has 0 saturated heterocycles. The Bertz CT molecular complexity index is 398. The van der Waals surface area contributed by atoms with Crippen LogP contribution in [0.3, 0.4) is 0 Å². The average Bonchev–Trinajstić information content (AvgIpc) is 2.46. The summed E-state index contributed by atoms with van der Waals surface area (Å²) >= 11 is 1.59. The molecule has 0 aliphatic heterocycles. The van der Waals surface area contributed by atoms with Crippen molar-refractivity contribution in [1.82, 2.24) is 4.98 Å². The van der Waals surface area contributed by atoms with E-state index in [4.69, 9.17) is 5.53 Å². The highest BCUT2D eigenvalue weighted by atomic mass is 32.1. The first-order valence-corrected chi connectivity index (χ1v) is 4.99. The lowest BCUT2D eigenvalue weighted by molar-refractivity contribution is 1.01. The topological polar surface area (TPSA) is 61.7 Å². The van der Waals surface area contributed by atoms with Crippen LogP contribution in [0, 0.1) is 25.7 Å². The van der Waals surface area contributed by atoms with Gasteiger partial charge in [-0.05, 0) is 25.3 Å². The molecule has 0 bridgehead atoms. The normalized spacial score (nSPS) is 8.71. The molecule has 4 nitrogen and oxygen atoms in total. The van der Waals surface area contributed by atoms with Crippen molar-refractivity contribution in [2.24, 2.45) is 5.11 Å². The highest BCUT2D eigenvalue weighted by Crippen LogP contribution is 2.14. The maximum absolute atomic E-state index is 8.02. The molecule has 14 heavy (non-hydrogen) atoms. The van der Waals surface area contributed by atoms with E-state index in [1.807, 2.05) is 13.8 Å². The van der Waals surface area contributed by atoms with Crippen LogP contribution in [0.25, 0.3) is 10.4 Å². The minimum absolute atomic E-state index is 0.423. The smallest absolute Gasteiger partial charge is 0.167 e. The van der Waals surface area contributed by atoms with Crippen molar-refractivity contribution in [3.05, 3.63) is 26.0 Å². The largest absolute Gasteiger partial charge is 0.233 e. The third-order valence-electron chi connectivity index (χ3n) is 1.62. The quantitative estimate of drug-likeness (QED) is 0.241.